The van der Waals surface area contributed by atoms with E-state index in [-0.39, 0.29) is 11.5 Å². The topological polar surface area (TPSA) is 55.8 Å². The largest absolute Gasteiger partial charge is 0.354 e. The molecule has 0 bridgehead atoms. The molecule has 3 heterocycles. The van der Waals surface area contributed by atoms with Gasteiger partial charge >= 0.3 is 0 Å². The van der Waals surface area contributed by atoms with Crippen molar-refractivity contribution in [3.8, 4) is 0 Å². The minimum Gasteiger partial charge on any atom is -0.354 e. The molecule has 0 saturated carbocycles. The summed E-state index contributed by atoms with van der Waals surface area (Å²) in [5.41, 5.74) is 1.07. The fourth-order valence-electron chi connectivity index (χ4n) is 3.80. The van der Waals surface area contributed by atoms with Gasteiger partial charge in [-0.05, 0) is 32.2 Å². The lowest BCUT2D eigenvalue weighted by Crippen LogP contribution is -2.49. The maximum atomic E-state index is 13.5. The molecule has 2 fully saturated rings. The number of aromatic nitrogens is 2. The molecule has 0 aliphatic carbocycles. The predicted octanol–water partition coefficient (Wildman–Crippen LogP) is 1.78. The van der Waals surface area contributed by atoms with Crippen molar-refractivity contribution in [3.05, 3.63) is 47.2 Å². The van der Waals surface area contributed by atoms with Crippen LogP contribution in [-0.4, -0.2) is 85.1 Å². The lowest BCUT2D eigenvalue weighted by atomic mass is 10.1. The standard InChI is InChI=1S/C21H26F2N6O/c1-15-13-19(27-7-5-26(2)6-8-27)25-21(24-15)29-11-9-28(10-12-29)20(30)16-3-4-17(22)18(23)14-16/h3-4,13-14H,5-12H2,1-2H3. The molecule has 0 N–H and O–H groups in total. The molecule has 2 aromatic rings. The average Bonchev–Trinajstić information content (AvgIpc) is 2.75. The summed E-state index contributed by atoms with van der Waals surface area (Å²) in [7, 11) is 2.12. The van der Waals surface area contributed by atoms with Crippen LogP contribution in [0.25, 0.3) is 0 Å². The molecule has 4 rings (SSSR count). The summed E-state index contributed by atoms with van der Waals surface area (Å²) in [5, 5.41) is 0. The van der Waals surface area contributed by atoms with Crippen LogP contribution in [0, 0.1) is 18.6 Å². The smallest absolute Gasteiger partial charge is 0.254 e. The Morgan fingerprint density at radius 2 is 1.53 bits per heavy atom. The van der Waals surface area contributed by atoms with Crippen molar-refractivity contribution < 1.29 is 13.6 Å². The first-order chi connectivity index (χ1) is 14.4. The monoisotopic (exact) mass is 416 g/mol. The van der Waals surface area contributed by atoms with Gasteiger partial charge in [0.25, 0.3) is 5.91 Å². The highest BCUT2D eigenvalue weighted by atomic mass is 19.2. The number of amides is 1. The molecule has 160 valence electrons. The zero-order valence-electron chi connectivity index (χ0n) is 17.3. The van der Waals surface area contributed by atoms with Crippen molar-refractivity contribution in [1.29, 1.82) is 0 Å². The first-order valence-corrected chi connectivity index (χ1v) is 10.2. The van der Waals surface area contributed by atoms with Gasteiger partial charge in [0.1, 0.15) is 5.82 Å². The highest BCUT2D eigenvalue weighted by molar-refractivity contribution is 5.94. The van der Waals surface area contributed by atoms with Crippen molar-refractivity contribution in [2.24, 2.45) is 0 Å². The van der Waals surface area contributed by atoms with Gasteiger partial charge in [0, 0.05) is 69.7 Å². The van der Waals surface area contributed by atoms with E-state index in [4.69, 9.17) is 4.98 Å². The molecular weight excluding hydrogens is 390 g/mol. The third kappa shape index (κ3) is 4.35. The van der Waals surface area contributed by atoms with Crippen molar-refractivity contribution in [1.82, 2.24) is 19.8 Å². The number of carbonyl (C=O) groups excluding carboxylic acids is 1. The van der Waals surface area contributed by atoms with Crippen molar-refractivity contribution in [3.63, 3.8) is 0 Å². The Kier molecular flexibility index (Phi) is 5.80. The summed E-state index contributed by atoms with van der Waals surface area (Å²) in [6.45, 7) is 7.95. The van der Waals surface area contributed by atoms with E-state index in [2.05, 4.69) is 26.7 Å². The molecule has 2 saturated heterocycles. The quantitative estimate of drug-likeness (QED) is 0.760. The van der Waals surface area contributed by atoms with Crippen molar-refractivity contribution in [2.45, 2.75) is 6.92 Å². The molecule has 2 aliphatic rings. The highest BCUT2D eigenvalue weighted by Gasteiger charge is 2.25. The number of anilines is 2. The zero-order valence-corrected chi connectivity index (χ0v) is 17.3. The minimum atomic E-state index is -1.01. The van der Waals surface area contributed by atoms with Gasteiger partial charge in [-0.3, -0.25) is 4.79 Å². The zero-order chi connectivity index (χ0) is 21.3. The summed E-state index contributed by atoms with van der Waals surface area (Å²) in [6.07, 6.45) is 0. The molecule has 0 radical (unpaired) electrons. The number of piperazine rings is 2. The first kappa shape index (κ1) is 20.5. The first-order valence-electron chi connectivity index (χ1n) is 10.2. The number of hydrogen-bond donors (Lipinski definition) is 0. The molecule has 0 atom stereocenters. The van der Waals surface area contributed by atoms with E-state index in [9.17, 15) is 13.6 Å². The summed E-state index contributed by atoms with van der Waals surface area (Å²) in [5.74, 6) is -0.653. The maximum absolute atomic E-state index is 13.5. The minimum absolute atomic E-state index is 0.159. The van der Waals surface area contributed by atoms with Gasteiger partial charge < -0.3 is 19.6 Å². The van der Waals surface area contributed by atoms with Gasteiger partial charge in [0.2, 0.25) is 5.95 Å². The van der Waals surface area contributed by atoms with Crippen LogP contribution in [0.5, 0.6) is 0 Å². The van der Waals surface area contributed by atoms with E-state index in [0.717, 1.165) is 49.8 Å². The fraction of sp³-hybridized carbons (Fsp3) is 0.476. The number of nitrogens with zero attached hydrogens (tertiary/aromatic N) is 6. The van der Waals surface area contributed by atoms with Gasteiger partial charge in [-0.1, -0.05) is 0 Å². The summed E-state index contributed by atoms with van der Waals surface area (Å²) >= 11 is 0. The van der Waals surface area contributed by atoms with Crippen LogP contribution in [0.3, 0.4) is 0 Å². The van der Waals surface area contributed by atoms with Crippen LogP contribution in [0.1, 0.15) is 16.1 Å². The molecule has 1 aromatic heterocycles. The second-order valence-electron chi connectivity index (χ2n) is 7.87. The molecule has 7 nitrogen and oxygen atoms in total. The van der Waals surface area contributed by atoms with E-state index in [0.29, 0.717) is 32.1 Å². The highest BCUT2D eigenvalue weighted by Crippen LogP contribution is 2.20. The molecule has 1 aromatic carbocycles. The van der Waals surface area contributed by atoms with E-state index in [1.54, 1.807) is 4.90 Å². The summed E-state index contributed by atoms with van der Waals surface area (Å²) in [6, 6.07) is 5.27. The number of aryl methyl sites for hydroxylation is 1. The average molecular weight is 416 g/mol. The molecule has 1 amide bonds. The molecular formula is C21H26F2N6O. The molecule has 0 unspecified atom stereocenters. The van der Waals surface area contributed by atoms with Crippen LogP contribution < -0.4 is 9.80 Å². The SMILES string of the molecule is Cc1cc(N2CCN(C)CC2)nc(N2CCN(C(=O)c3ccc(F)c(F)c3)CC2)n1. The summed E-state index contributed by atoms with van der Waals surface area (Å²) in [4.78, 5) is 30.3. The van der Waals surface area contributed by atoms with Crippen LogP contribution in [0.4, 0.5) is 20.5 Å². The Bertz CT molecular complexity index is 924. The Balaban J connectivity index is 1.42. The van der Waals surface area contributed by atoms with E-state index < -0.39 is 11.6 Å². The summed E-state index contributed by atoms with van der Waals surface area (Å²) < 4.78 is 26.6. The van der Waals surface area contributed by atoms with Crippen LogP contribution in [-0.2, 0) is 0 Å². The molecule has 2 aliphatic heterocycles. The van der Waals surface area contributed by atoms with Crippen LogP contribution >= 0.6 is 0 Å². The Labute approximate surface area is 174 Å². The number of benzene rings is 1. The second kappa shape index (κ2) is 8.51. The lowest BCUT2D eigenvalue weighted by molar-refractivity contribution is 0.0745. The number of halogens is 2. The Morgan fingerprint density at radius 1 is 0.867 bits per heavy atom. The number of rotatable bonds is 3. The number of hydrogen-bond acceptors (Lipinski definition) is 6. The van der Waals surface area contributed by atoms with Gasteiger partial charge in [0.15, 0.2) is 11.6 Å². The fourth-order valence-corrected chi connectivity index (χ4v) is 3.80. The number of carbonyl (C=O) groups is 1. The number of likely N-dealkylation sites (N-methyl/N-ethyl adjacent to an activating group) is 1. The van der Waals surface area contributed by atoms with Gasteiger partial charge in [-0.25, -0.2) is 13.8 Å². The Morgan fingerprint density at radius 3 is 2.20 bits per heavy atom. The van der Waals surface area contributed by atoms with Crippen molar-refractivity contribution in [2.75, 3.05) is 69.2 Å². The van der Waals surface area contributed by atoms with E-state index >= 15 is 0 Å². The van der Waals surface area contributed by atoms with Crippen LogP contribution in [0.15, 0.2) is 24.3 Å². The third-order valence-electron chi connectivity index (χ3n) is 5.67. The van der Waals surface area contributed by atoms with Crippen molar-refractivity contribution >= 4 is 17.7 Å². The molecule has 30 heavy (non-hydrogen) atoms. The second-order valence-corrected chi connectivity index (χ2v) is 7.87. The lowest BCUT2D eigenvalue weighted by Gasteiger charge is -2.36. The normalized spacial score (nSPS) is 18.1. The molecule has 0 spiro atoms. The maximum Gasteiger partial charge on any atom is 0.254 e. The third-order valence-corrected chi connectivity index (χ3v) is 5.67. The van der Waals surface area contributed by atoms with Gasteiger partial charge in [-0.2, -0.15) is 4.98 Å². The molecule has 9 heteroatoms. The van der Waals surface area contributed by atoms with E-state index in [1.165, 1.54) is 6.07 Å². The Hall–Kier alpha value is -2.81. The van der Waals surface area contributed by atoms with Crippen LogP contribution in [0.2, 0.25) is 0 Å². The van der Waals surface area contributed by atoms with Gasteiger partial charge in [-0.15, -0.1) is 0 Å². The van der Waals surface area contributed by atoms with E-state index in [1.807, 2.05) is 13.0 Å². The predicted molar refractivity (Wildman–Crippen MR) is 111 cm³/mol. The van der Waals surface area contributed by atoms with Gasteiger partial charge in [0.05, 0.1) is 0 Å².